The van der Waals surface area contributed by atoms with E-state index in [-0.39, 0.29) is 28.8 Å². The second-order valence-corrected chi connectivity index (χ2v) is 10.6. The van der Waals surface area contributed by atoms with E-state index in [9.17, 15) is 18.0 Å². The Morgan fingerprint density at radius 2 is 1.43 bits per heavy atom. The van der Waals surface area contributed by atoms with E-state index in [4.69, 9.17) is 14.2 Å². The van der Waals surface area contributed by atoms with Crippen molar-refractivity contribution in [3.05, 3.63) is 78.4 Å². The number of nitrogens with one attached hydrogen (secondary N) is 1. The molecule has 1 N–H and O–H groups in total. The molecule has 1 atom stereocenters. The van der Waals surface area contributed by atoms with Crippen LogP contribution in [-0.2, 0) is 26.2 Å². The van der Waals surface area contributed by atoms with Gasteiger partial charge >= 0.3 is 0 Å². The Morgan fingerprint density at radius 3 is 1.95 bits per heavy atom. The summed E-state index contributed by atoms with van der Waals surface area (Å²) in [5.74, 6) is 0.488. The summed E-state index contributed by atoms with van der Waals surface area (Å²) < 4.78 is 44.8. The first-order valence-electron chi connectivity index (χ1n) is 12.6. The summed E-state index contributed by atoms with van der Waals surface area (Å²) >= 11 is 0. The Kier molecular flexibility index (Phi) is 10.4. The van der Waals surface area contributed by atoms with Crippen molar-refractivity contribution in [3.63, 3.8) is 0 Å². The molecule has 3 aromatic rings. The molecule has 0 aromatic heterocycles. The van der Waals surface area contributed by atoms with Crippen LogP contribution in [-0.4, -0.2) is 66.1 Å². The monoisotopic (exact) mass is 569 g/mol. The maximum atomic E-state index is 14.0. The van der Waals surface area contributed by atoms with Crippen molar-refractivity contribution in [2.45, 2.75) is 30.8 Å². The van der Waals surface area contributed by atoms with Crippen molar-refractivity contribution in [2.75, 3.05) is 39.2 Å². The van der Waals surface area contributed by atoms with Crippen LogP contribution in [0.5, 0.6) is 17.2 Å². The molecule has 0 aliphatic carbocycles. The summed E-state index contributed by atoms with van der Waals surface area (Å²) in [7, 11) is 1.71. The Morgan fingerprint density at radius 1 is 0.850 bits per heavy atom. The topological polar surface area (TPSA) is 114 Å². The molecule has 0 saturated carbocycles. The number of para-hydroxylation sites is 2. The Bertz CT molecular complexity index is 1390. The molecule has 2 amide bonds. The lowest BCUT2D eigenvalue weighted by molar-refractivity contribution is -0.140. The summed E-state index contributed by atoms with van der Waals surface area (Å²) in [6.07, 6.45) is 0.321. The molecule has 214 valence electrons. The van der Waals surface area contributed by atoms with Crippen LogP contribution < -0.4 is 23.8 Å². The van der Waals surface area contributed by atoms with Gasteiger partial charge in [0.2, 0.25) is 11.8 Å². The zero-order chi connectivity index (χ0) is 29.3. The zero-order valence-electron chi connectivity index (χ0n) is 23.3. The summed E-state index contributed by atoms with van der Waals surface area (Å²) in [6, 6.07) is 18.7. The van der Waals surface area contributed by atoms with Crippen LogP contribution >= 0.6 is 0 Å². The van der Waals surface area contributed by atoms with Crippen LogP contribution in [0.4, 0.5) is 5.69 Å². The van der Waals surface area contributed by atoms with Gasteiger partial charge in [-0.05, 0) is 60.5 Å². The third-order valence-corrected chi connectivity index (χ3v) is 8.20. The van der Waals surface area contributed by atoms with E-state index < -0.39 is 28.5 Å². The molecule has 0 radical (unpaired) electrons. The minimum Gasteiger partial charge on any atom is -0.497 e. The fourth-order valence-electron chi connectivity index (χ4n) is 4.24. The molecule has 0 aliphatic heterocycles. The molecule has 0 aliphatic rings. The molecule has 0 heterocycles. The van der Waals surface area contributed by atoms with Crippen molar-refractivity contribution in [1.29, 1.82) is 0 Å². The number of hydrogen-bond acceptors (Lipinski definition) is 7. The molecule has 0 fully saturated rings. The molecular weight excluding hydrogens is 534 g/mol. The molecule has 3 aromatic carbocycles. The number of anilines is 1. The molecule has 10 nitrogen and oxygen atoms in total. The van der Waals surface area contributed by atoms with Gasteiger partial charge in [-0.1, -0.05) is 31.2 Å². The highest BCUT2D eigenvalue weighted by Gasteiger charge is 2.34. The Labute approximate surface area is 235 Å². The van der Waals surface area contributed by atoms with Gasteiger partial charge in [0, 0.05) is 13.6 Å². The van der Waals surface area contributed by atoms with E-state index in [1.165, 1.54) is 50.4 Å². The van der Waals surface area contributed by atoms with Crippen molar-refractivity contribution in [2.24, 2.45) is 0 Å². The summed E-state index contributed by atoms with van der Waals surface area (Å²) in [5.41, 5.74) is 0.935. The molecule has 0 spiro atoms. The average Bonchev–Trinajstić information content (AvgIpc) is 2.99. The fraction of sp³-hybridized carbons (Fsp3) is 0.310. The van der Waals surface area contributed by atoms with E-state index in [2.05, 4.69) is 5.32 Å². The normalized spacial score (nSPS) is 11.7. The van der Waals surface area contributed by atoms with Crippen LogP contribution in [0.2, 0.25) is 0 Å². The predicted octanol–water partition coefficient (Wildman–Crippen LogP) is 3.46. The Balaban J connectivity index is 2.08. The number of ether oxygens (including phenoxy) is 3. The van der Waals surface area contributed by atoms with Gasteiger partial charge in [0.25, 0.3) is 10.0 Å². The molecule has 3 rings (SSSR count). The lowest BCUT2D eigenvalue weighted by Gasteiger charge is -2.33. The molecule has 40 heavy (non-hydrogen) atoms. The van der Waals surface area contributed by atoms with Gasteiger partial charge in [-0.3, -0.25) is 13.9 Å². The number of rotatable bonds is 13. The van der Waals surface area contributed by atoms with E-state index in [0.29, 0.717) is 17.9 Å². The van der Waals surface area contributed by atoms with Gasteiger partial charge in [-0.2, -0.15) is 0 Å². The van der Waals surface area contributed by atoms with Crippen LogP contribution in [0.25, 0.3) is 0 Å². The van der Waals surface area contributed by atoms with Gasteiger partial charge in [-0.25, -0.2) is 8.42 Å². The molecular formula is C29H35N3O7S. The third kappa shape index (κ3) is 6.84. The average molecular weight is 570 g/mol. The van der Waals surface area contributed by atoms with E-state index >= 15 is 0 Å². The second kappa shape index (κ2) is 13.7. The van der Waals surface area contributed by atoms with Gasteiger partial charge < -0.3 is 24.4 Å². The van der Waals surface area contributed by atoms with E-state index in [1.54, 1.807) is 62.6 Å². The predicted molar refractivity (Wildman–Crippen MR) is 152 cm³/mol. The highest BCUT2D eigenvalue weighted by Crippen LogP contribution is 2.33. The largest absolute Gasteiger partial charge is 0.497 e. The highest BCUT2D eigenvalue weighted by atomic mass is 32.2. The van der Waals surface area contributed by atoms with Crippen LogP contribution in [0.3, 0.4) is 0 Å². The number of methoxy groups -OCH3 is 3. The van der Waals surface area contributed by atoms with Gasteiger partial charge in [-0.15, -0.1) is 0 Å². The number of sulfonamides is 1. The Hall–Kier alpha value is -4.25. The first-order chi connectivity index (χ1) is 19.2. The minimum absolute atomic E-state index is 0.0351. The van der Waals surface area contributed by atoms with Gasteiger partial charge in [0.05, 0.1) is 31.9 Å². The number of amides is 2. The fourth-order valence-corrected chi connectivity index (χ4v) is 5.66. The maximum Gasteiger partial charge on any atom is 0.264 e. The van der Waals surface area contributed by atoms with Gasteiger partial charge in [0.1, 0.15) is 29.8 Å². The van der Waals surface area contributed by atoms with Crippen LogP contribution in [0.1, 0.15) is 18.9 Å². The number of likely N-dealkylation sites (N-methyl/N-ethyl adjacent to an activating group) is 1. The highest BCUT2D eigenvalue weighted by molar-refractivity contribution is 7.92. The lowest BCUT2D eigenvalue weighted by Crippen LogP contribution is -2.51. The number of carbonyl (C=O) groups is 2. The van der Waals surface area contributed by atoms with E-state index in [0.717, 1.165) is 9.87 Å². The van der Waals surface area contributed by atoms with E-state index in [1.807, 2.05) is 0 Å². The number of carbonyl (C=O) groups excluding carboxylic acids is 2. The second-order valence-electron chi connectivity index (χ2n) is 8.77. The van der Waals surface area contributed by atoms with Gasteiger partial charge in [0.15, 0.2) is 0 Å². The summed E-state index contributed by atoms with van der Waals surface area (Å²) in [6.45, 7) is 1.30. The molecule has 1 unspecified atom stereocenters. The van der Waals surface area contributed by atoms with Crippen molar-refractivity contribution < 1.29 is 32.2 Å². The lowest BCUT2D eigenvalue weighted by atomic mass is 10.1. The number of hydrogen-bond donors (Lipinski definition) is 1. The summed E-state index contributed by atoms with van der Waals surface area (Å²) in [4.78, 5) is 28.2. The number of benzene rings is 3. The van der Waals surface area contributed by atoms with Crippen LogP contribution in [0, 0.1) is 0 Å². The standard InChI is InChI=1S/C29H35N3O7S/c1-6-25(29(34)30-2)31(19-21-11-13-22(37-3)14-12-21)28(33)20-32(26-9-7-8-10-27(26)39-5)40(35,36)24-17-15-23(38-4)16-18-24/h7-18,25H,6,19-20H2,1-5H3,(H,30,34). The molecule has 0 saturated heterocycles. The first kappa shape index (κ1) is 30.3. The molecule has 11 heteroatoms. The minimum atomic E-state index is -4.25. The maximum absolute atomic E-state index is 14.0. The van der Waals surface area contributed by atoms with Crippen molar-refractivity contribution >= 4 is 27.5 Å². The first-order valence-corrected chi connectivity index (χ1v) is 14.1. The quantitative estimate of drug-likeness (QED) is 0.335. The molecule has 0 bridgehead atoms. The number of nitrogens with zero attached hydrogens (tertiary/aromatic N) is 2. The van der Waals surface area contributed by atoms with Crippen LogP contribution in [0.15, 0.2) is 77.7 Å². The smallest absolute Gasteiger partial charge is 0.264 e. The van der Waals surface area contributed by atoms with Crippen molar-refractivity contribution in [3.8, 4) is 17.2 Å². The zero-order valence-corrected chi connectivity index (χ0v) is 24.1. The summed E-state index contributed by atoms with van der Waals surface area (Å²) in [5, 5.41) is 2.61. The SMILES string of the molecule is CCC(C(=O)NC)N(Cc1ccc(OC)cc1)C(=O)CN(c1ccccc1OC)S(=O)(=O)c1ccc(OC)cc1. The van der Waals surface area contributed by atoms with Crippen molar-refractivity contribution in [1.82, 2.24) is 10.2 Å². The third-order valence-electron chi connectivity index (χ3n) is 6.42.